The summed E-state index contributed by atoms with van der Waals surface area (Å²) in [7, 11) is 5.48. The third kappa shape index (κ3) is 3.96. The van der Waals surface area contributed by atoms with E-state index in [1.807, 2.05) is 47.8 Å². The van der Waals surface area contributed by atoms with Crippen molar-refractivity contribution in [3.8, 4) is 0 Å². The Balaban J connectivity index is 1.74. The molecule has 0 aliphatic carbocycles. The summed E-state index contributed by atoms with van der Waals surface area (Å²) in [6.07, 6.45) is 3.29. The van der Waals surface area contributed by atoms with Gasteiger partial charge >= 0.3 is 0 Å². The molecule has 1 aliphatic rings. The van der Waals surface area contributed by atoms with Gasteiger partial charge in [-0.25, -0.2) is 0 Å². The number of H-pyrrole nitrogens is 1. The molecular formula is C26H25N5O5. The number of imide groups is 1. The van der Waals surface area contributed by atoms with Crippen LogP contribution in [0.3, 0.4) is 0 Å². The maximum absolute atomic E-state index is 13.1. The van der Waals surface area contributed by atoms with Crippen LogP contribution in [0.1, 0.15) is 11.1 Å². The summed E-state index contributed by atoms with van der Waals surface area (Å²) in [5.41, 5.74) is 3.02. The molecule has 10 nitrogen and oxygen atoms in total. The highest BCUT2D eigenvalue weighted by Crippen LogP contribution is 2.39. The van der Waals surface area contributed by atoms with Gasteiger partial charge in [-0.2, -0.15) is 0 Å². The van der Waals surface area contributed by atoms with Crippen LogP contribution in [0, 0.1) is 10.1 Å². The number of ether oxygens (including phenoxy) is 1. The highest BCUT2D eigenvalue weighted by Gasteiger charge is 2.35. The lowest BCUT2D eigenvalue weighted by Gasteiger charge is -2.20. The molecule has 2 aromatic heterocycles. The van der Waals surface area contributed by atoms with Crippen molar-refractivity contribution >= 4 is 50.5 Å². The van der Waals surface area contributed by atoms with E-state index in [0.29, 0.717) is 35.1 Å². The van der Waals surface area contributed by atoms with Crippen molar-refractivity contribution < 1.29 is 19.2 Å². The number of nitro groups is 1. The zero-order valence-corrected chi connectivity index (χ0v) is 20.1. The fourth-order valence-corrected chi connectivity index (χ4v) is 4.83. The second-order valence-electron chi connectivity index (χ2n) is 9.05. The number of amides is 2. The maximum atomic E-state index is 13.1. The van der Waals surface area contributed by atoms with Crippen LogP contribution >= 0.6 is 0 Å². The molecule has 0 radical (unpaired) electrons. The lowest BCUT2D eigenvalue weighted by molar-refractivity contribution is -0.384. The van der Waals surface area contributed by atoms with E-state index in [0.717, 1.165) is 10.9 Å². The monoisotopic (exact) mass is 487 g/mol. The summed E-state index contributed by atoms with van der Waals surface area (Å²) in [5, 5.41) is 15.4. The number of fused-ring (bicyclic) bond motifs is 2. The van der Waals surface area contributed by atoms with Crippen LogP contribution in [0.15, 0.2) is 54.9 Å². The lowest BCUT2D eigenvalue weighted by Crippen LogP contribution is -2.31. The van der Waals surface area contributed by atoms with Crippen LogP contribution in [0.5, 0.6) is 0 Å². The molecule has 10 heteroatoms. The summed E-state index contributed by atoms with van der Waals surface area (Å²) in [4.78, 5) is 42.4. The van der Waals surface area contributed by atoms with Gasteiger partial charge in [0.1, 0.15) is 0 Å². The quantitative estimate of drug-likeness (QED) is 0.224. The Morgan fingerprint density at radius 2 is 1.78 bits per heavy atom. The largest absolute Gasteiger partial charge is 0.378 e. The molecule has 4 aromatic rings. The number of benzene rings is 2. The lowest BCUT2D eigenvalue weighted by atomic mass is 9.95. The molecule has 0 spiro atoms. The van der Waals surface area contributed by atoms with Crippen molar-refractivity contribution in [3.05, 3.63) is 76.1 Å². The summed E-state index contributed by atoms with van der Waals surface area (Å²) in [6.45, 7) is 1.03. The standard InChI is InChI=1S/C26H25N5O5/c1-29(2)12-16(36-3)13-30-14-20(18-9-8-15(31(34)35)10-22(18)30)24-23(25(32)28-26(24)33)19-11-27-21-7-5-4-6-17(19)21/h4-11,14,16,27H,12-13H2,1-3H3,(H,28,32,33). The van der Waals surface area contributed by atoms with Crippen LogP contribution in [0.2, 0.25) is 0 Å². The van der Waals surface area contributed by atoms with Gasteiger partial charge in [-0.15, -0.1) is 0 Å². The van der Waals surface area contributed by atoms with Crippen LogP contribution in [0.25, 0.3) is 33.0 Å². The molecule has 36 heavy (non-hydrogen) atoms. The highest BCUT2D eigenvalue weighted by atomic mass is 16.6. The van der Waals surface area contributed by atoms with Crippen molar-refractivity contribution in [3.63, 3.8) is 0 Å². The first-order valence-electron chi connectivity index (χ1n) is 11.4. The van der Waals surface area contributed by atoms with Crippen molar-refractivity contribution in [2.45, 2.75) is 12.6 Å². The van der Waals surface area contributed by atoms with Gasteiger partial charge in [0.15, 0.2) is 0 Å². The van der Waals surface area contributed by atoms with E-state index in [4.69, 9.17) is 4.74 Å². The summed E-state index contributed by atoms with van der Waals surface area (Å²) < 4.78 is 7.50. The smallest absolute Gasteiger partial charge is 0.271 e. The topological polar surface area (TPSA) is 122 Å². The van der Waals surface area contributed by atoms with Crippen LogP contribution in [-0.2, 0) is 20.9 Å². The number of carbonyl (C=O) groups excluding carboxylic acids is 2. The summed E-state index contributed by atoms with van der Waals surface area (Å²) >= 11 is 0. The molecular weight excluding hydrogens is 462 g/mol. The van der Waals surface area contributed by atoms with Gasteiger partial charge in [-0.1, -0.05) is 18.2 Å². The van der Waals surface area contributed by atoms with Gasteiger partial charge in [0.05, 0.1) is 34.2 Å². The predicted octanol–water partition coefficient (Wildman–Crippen LogP) is 3.17. The zero-order valence-electron chi connectivity index (χ0n) is 20.1. The Bertz CT molecular complexity index is 1560. The van der Waals surface area contributed by atoms with E-state index in [2.05, 4.69) is 10.3 Å². The number of non-ortho nitro benzene ring substituents is 1. The first-order valence-corrected chi connectivity index (χ1v) is 11.4. The number of aromatic nitrogens is 2. The summed E-state index contributed by atoms with van der Waals surface area (Å²) in [6, 6.07) is 12.1. The molecule has 0 saturated heterocycles. The number of hydrogen-bond acceptors (Lipinski definition) is 6. The fourth-order valence-electron chi connectivity index (χ4n) is 4.83. The number of aromatic amines is 1. The molecule has 1 atom stereocenters. The molecule has 2 amide bonds. The fraction of sp³-hybridized carbons (Fsp3) is 0.231. The van der Waals surface area contributed by atoms with E-state index in [9.17, 15) is 19.7 Å². The normalized spacial score (nSPS) is 14.9. The Morgan fingerprint density at radius 1 is 1.06 bits per heavy atom. The molecule has 0 saturated carbocycles. The average Bonchev–Trinajstić information content (AvgIpc) is 3.50. The minimum Gasteiger partial charge on any atom is -0.378 e. The van der Waals surface area contributed by atoms with Gasteiger partial charge in [-0.05, 0) is 26.2 Å². The van der Waals surface area contributed by atoms with Crippen molar-refractivity contribution in [1.29, 1.82) is 0 Å². The number of carbonyl (C=O) groups is 2. The van der Waals surface area contributed by atoms with Crippen molar-refractivity contribution in [1.82, 2.24) is 19.8 Å². The van der Waals surface area contributed by atoms with Crippen LogP contribution in [0.4, 0.5) is 5.69 Å². The molecule has 2 N–H and O–H groups in total. The highest BCUT2D eigenvalue weighted by molar-refractivity contribution is 6.50. The Hall–Kier alpha value is -4.28. The van der Waals surface area contributed by atoms with E-state index in [1.165, 1.54) is 12.1 Å². The minimum absolute atomic E-state index is 0.0623. The summed E-state index contributed by atoms with van der Waals surface area (Å²) in [5.74, 6) is -0.987. The Morgan fingerprint density at radius 3 is 2.47 bits per heavy atom. The molecule has 184 valence electrons. The molecule has 2 aromatic carbocycles. The zero-order chi connectivity index (χ0) is 25.6. The Kier molecular flexibility index (Phi) is 5.91. The number of hydrogen-bond donors (Lipinski definition) is 2. The van der Waals surface area contributed by atoms with Gasteiger partial charge in [0.25, 0.3) is 17.5 Å². The molecule has 1 unspecified atom stereocenters. The van der Waals surface area contributed by atoms with E-state index in [1.54, 1.807) is 25.6 Å². The SMILES string of the molecule is COC(CN(C)C)Cn1cc(C2=C(c3c[nH]c4ccccc34)C(=O)NC2=O)c2ccc([N+](=O)[O-])cc21. The van der Waals surface area contributed by atoms with E-state index < -0.39 is 16.7 Å². The number of likely N-dealkylation sites (N-methyl/N-ethyl adjacent to an activating group) is 1. The molecule has 0 bridgehead atoms. The third-order valence-electron chi connectivity index (χ3n) is 6.44. The van der Waals surface area contributed by atoms with Crippen molar-refractivity contribution in [2.75, 3.05) is 27.7 Å². The predicted molar refractivity (Wildman–Crippen MR) is 136 cm³/mol. The number of rotatable bonds is 8. The van der Waals surface area contributed by atoms with Gasteiger partial charge in [0.2, 0.25) is 0 Å². The van der Waals surface area contributed by atoms with Gasteiger partial charge < -0.3 is 19.2 Å². The number of para-hydroxylation sites is 1. The van der Waals surface area contributed by atoms with Crippen molar-refractivity contribution in [2.24, 2.45) is 0 Å². The third-order valence-corrected chi connectivity index (χ3v) is 6.44. The second-order valence-corrected chi connectivity index (χ2v) is 9.05. The second kappa shape index (κ2) is 9.06. The van der Waals surface area contributed by atoms with Crippen LogP contribution < -0.4 is 5.32 Å². The Labute approximate surface area is 206 Å². The first kappa shape index (κ1) is 23.5. The van der Waals surface area contributed by atoms with Gasteiger partial charge in [0, 0.05) is 65.6 Å². The van der Waals surface area contributed by atoms with Crippen LogP contribution in [-0.4, -0.2) is 65.0 Å². The minimum atomic E-state index is -0.505. The average molecular weight is 488 g/mol. The molecule has 3 heterocycles. The number of nitrogens with zero attached hydrogens (tertiary/aromatic N) is 3. The number of nitro benzene ring substituents is 1. The number of methoxy groups -OCH3 is 1. The van der Waals surface area contributed by atoms with Gasteiger partial charge in [-0.3, -0.25) is 25.0 Å². The maximum Gasteiger partial charge on any atom is 0.271 e. The first-order chi connectivity index (χ1) is 17.3. The van der Waals surface area contributed by atoms with E-state index >= 15 is 0 Å². The molecule has 0 fully saturated rings. The van der Waals surface area contributed by atoms with E-state index in [-0.39, 0.29) is 22.9 Å². The molecule has 1 aliphatic heterocycles. The molecule has 5 rings (SSSR count). The number of nitrogens with one attached hydrogen (secondary N) is 2.